The van der Waals surface area contributed by atoms with Gasteiger partial charge in [0.25, 0.3) is 0 Å². The summed E-state index contributed by atoms with van der Waals surface area (Å²) in [4.78, 5) is 0. The lowest BCUT2D eigenvalue weighted by atomic mass is 10.0. The van der Waals surface area contributed by atoms with Crippen LogP contribution in [-0.2, 0) is 0 Å². The van der Waals surface area contributed by atoms with E-state index in [1.807, 2.05) is 30.3 Å². The van der Waals surface area contributed by atoms with Crippen LogP contribution in [0.1, 0.15) is 17.2 Å². The van der Waals surface area contributed by atoms with Crippen molar-refractivity contribution < 1.29 is 23.0 Å². The molecule has 2 aromatic carbocycles. The molecular weight excluding hydrogens is 384 g/mol. The van der Waals surface area contributed by atoms with Gasteiger partial charge in [0.2, 0.25) is 5.95 Å². The standard InChI is InChI=1S/C19H17F2N5O3/c1-27-12-6-3-5-11(9-12)14-10-15(26-19(22-14)23-24-25-26)13-7-4-8-16(28-2)17(13)29-18(20)21/h3-10,15,18H,1-2H3,(H,22,23,25)/t15-/m1/s1. The second-order valence-corrected chi connectivity index (χ2v) is 6.09. The van der Waals surface area contributed by atoms with Crippen LogP contribution in [0.4, 0.5) is 14.7 Å². The summed E-state index contributed by atoms with van der Waals surface area (Å²) in [6.45, 7) is -3.01. The minimum Gasteiger partial charge on any atom is -0.497 e. The number of anilines is 1. The molecule has 0 bridgehead atoms. The average molecular weight is 401 g/mol. The molecule has 0 saturated heterocycles. The fraction of sp³-hybridized carbons (Fsp3) is 0.211. The van der Waals surface area contributed by atoms with E-state index < -0.39 is 12.7 Å². The van der Waals surface area contributed by atoms with E-state index in [-0.39, 0.29) is 11.5 Å². The number of tetrazole rings is 1. The van der Waals surface area contributed by atoms with Crippen LogP contribution >= 0.6 is 0 Å². The molecule has 0 unspecified atom stereocenters. The number of para-hydroxylation sites is 1. The molecule has 1 aliphatic rings. The van der Waals surface area contributed by atoms with Crippen molar-refractivity contribution in [1.29, 1.82) is 0 Å². The fourth-order valence-corrected chi connectivity index (χ4v) is 3.18. The van der Waals surface area contributed by atoms with E-state index in [9.17, 15) is 8.78 Å². The van der Waals surface area contributed by atoms with Gasteiger partial charge in [0.15, 0.2) is 11.5 Å². The van der Waals surface area contributed by atoms with Crippen molar-refractivity contribution >= 4 is 11.6 Å². The number of ether oxygens (including phenoxy) is 3. The van der Waals surface area contributed by atoms with Gasteiger partial charge >= 0.3 is 6.61 Å². The fourth-order valence-electron chi connectivity index (χ4n) is 3.18. The van der Waals surface area contributed by atoms with Crippen LogP contribution in [0.25, 0.3) is 5.70 Å². The summed E-state index contributed by atoms with van der Waals surface area (Å²) in [5.41, 5.74) is 1.95. The molecule has 8 nitrogen and oxygen atoms in total. The van der Waals surface area contributed by atoms with E-state index in [4.69, 9.17) is 14.2 Å². The highest BCUT2D eigenvalue weighted by Gasteiger charge is 2.29. The summed E-state index contributed by atoms with van der Waals surface area (Å²) >= 11 is 0. The first-order valence-corrected chi connectivity index (χ1v) is 8.63. The monoisotopic (exact) mass is 401 g/mol. The summed E-state index contributed by atoms with van der Waals surface area (Å²) in [6, 6.07) is 11.7. The van der Waals surface area contributed by atoms with Crippen molar-refractivity contribution in [1.82, 2.24) is 20.2 Å². The number of alkyl halides is 2. The summed E-state index contributed by atoms with van der Waals surface area (Å²) < 4.78 is 42.9. The number of hydrogen-bond donors (Lipinski definition) is 1. The minimum absolute atomic E-state index is 0.0698. The summed E-state index contributed by atoms with van der Waals surface area (Å²) in [5, 5.41) is 14.8. The van der Waals surface area contributed by atoms with Crippen LogP contribution in [0.2, 0.25) is 0 Å². The van der Waals surface area contributed by atoms with E-state index in [1.165, 1.54) is 11.8 Å². The smallest absolute Gasteiger partial charge is 0.387 e. The van der Waals surface area contributed by atoms with Crippen LogP contribution in [-0.4, -0.2) is 41.0 Å². The molecule has 4 rings (SSSR count). The molecule has 1 aliphatic heterocycles. The largest absolute Gasteiger partial charge is 0.497 e. The maximum Gasteiger partial charge on any atom is 0.387 e. The van der Waals surface area contributed by atoms with Gasteiger partial charge in [-0.2, -0.15) is 13.5 Å². The molecule has 0 saturated carbocycles. The van der Waals surface area contributed by atoms with Gasteiger partial charge in [-0.15, -0.1) is 0 Å². The SMILES string of the molecule is COc1cccc(C2=C[C@H](c3cccc(OC)c3OC(F)F)n3nnnc3N2)c1. The molecule has 2 heterocycles. The van der Waals surface area contributed by atoms with Crippen LogP contribution in [0.3, 0.4) is 0 Å². The first kappa shape index (κ1) is 18.7. The third kappa shape index (κ3) is 3.56. The summed E-state index contributed by atoms with van der Waals surface area (Å²) in [7, 11) is 2.97. The Morgan fingerprint density at radius 2 is 1.93 bits per heavy atom. The molecule has 1 atom stereocenters. The Labute approximate surface area is 164 Å². The van der Waals surface area contributed by atoms with E-state index in [0.29, 0.717) is 23.0 Å². The van der Waals surface area contributed by atoms with Gasteiger partial charge in [0.1, 0.15) is 11.8 Å². The predicted octanol–water partition coefficient (Wildman–Crippen LogP) is 3.35. The number of rotatable bonds is 6. The molecule has 29 heavy (non-hydrogen) atoms. The first-order valence-electron chi connectivity index (χ1n) is 8.63. The molecule has 0 aliphatic carbocycles. The average Bonchev–Trinajstić information content (AvgIpc) is 3.21. The number of nitrogens with zero attached hydrogens (tertiary/aromatic N) is 4. The third-order valence-corrected chi connectivity index (χ3v) is 4.46. The molecule has 1 aromatic heterocycles. The first-order chi connectivity index (χ1) is 14.1. The quantitative estimate of drug-likeness (QED) is 0.678. The number of nitrogens with one attached hydrogen (secondary N) is 1. The highest BCUT2D eigenvalue weighted by molar-refractivity contribution is 5.77. The Balaban J connectivity index is 1.85. The molecule has 1 N–H and O–H groups in total. The van der Waals surface area contributed by atoms with Gasteiger partial charge in [-0.3, -0.25) is 0 Å². The third-order valence-electron chi connectivity index (χ3n) is 4.46. The highest BCUT2D eigenvalue weighted by Crippen LogP contribution is 2.41. The van der Waals surface area contributed by atoms with Crippen molar-refractivity contribution in [2.75, 3.05) is 19.5 Å². The van der Waals surface area contributed by atoms with Gasteiger partial charge in [-0.1, -0.05) is 29.4 Å². The maximum atomic E-state index is 13.1. The van der Waals surface area contributed by atoms with Crippen molar-refractivity contribution in [2.24, 2.45) is 0 Å². The number of methoxy groups -OCH3 is 2. The van der Waals surface area contributed by atoms with Crippen molar-refractivity contribution in [3.05, 3.63) is 59.7 Å². The minimum atomic E-state index is -3.01. The van der Waals surface area contributed by atoms with Gasteiger partial charge in [-0.05, 0) is 34.7 Å². The predicted molar refractivity (Wildman–Crippen MR) is 100 cm³/mol. The number of aromatic nitrogens is 4. The Kier molecular flexibility index (Phi) is 4.98. The molecular formula is C19H17F2N5O3. The molecule has 150 valence electrons. The number of allylic oxidation sites excluding steroid dienone is 1. The van der Waals surface area contributed by atoms with Crippen LogP contribution in [0, 0.1) is 0 Å². The summed E-state index contributed by atoms with van der Waals surface area (Å²) in [5.74, 6) is 1.16. The lowest BCUT2D eigenvalue weighted by Crippen LogP contribution is -2.21. The Morgan fingerprint density at radius 3 is 2.69 bits per heavy atom. The van der Waals surface area contributed by atoms with Crippen LogP contribution < -0.4 is 19.5 Å². The Bertz CT molecular complexity index is 1050. The van der Waals surface area contributed by atoms with E-state index >= 15 is 0 Å². The van der Waals surface area contributed by atoms with Gasteiger partial charge < -0.3 is 19.5 Å². The van der Waals surface area contributed by atoms with Crippen molar-refractivity contribution in [2.45, 2.75) is 12.7 Å². The van der Waals surface area contributed by atoms with Crippen LogP contribution in [0.5, 0.6) is 17.2 Å². The normalized spacial score (nSPS) is 15.3. The molecule has 3 aromatic rings. The van der Waals surface area contributed by atoms with Crippen LogP contribution in [0.15, 0.2) is 48.5 Å². The zero-order chi connectivity index (χ0) is 20.4. The summed E-state index contributed by atoms with van der Waals surface area (Å²) in [6.07, 6.45) is 1.82. The van der Waals surface area contributed by atoms with Gasteiger partial charge in [0.05, 0.1) is 14.2 Å². The van der Waals surface area contributed by atoms with E-state index in [2.05, 4.69) is 20.8 Å². The van der Waals surface area contributed by atoms with E-state index in [1.54, 1.807) is 25.3 Å². The molecule has 0 amide bonds. The number of halogens is 2. The molecule has 0 spiro atoms. The molecule has 10 heteroatoms. The maximum absolute atomic E-state index is 13.1. The number of fused-ring (bicyclic) bond motifs is 1. The molecule has 0 radical (unpaired) electrons. The van der Waals surface area contributed by atoms with Gasteiger partial charge in [0, 0.05) is 16.8 Å². The lowest BCUT2D eigenvalue weighted by Gasteiger charge is -2.25. The highest BCUT2D eigenvalue weighted by atomic mass is 19.3. The lowest BCUT2D eigenvalue weighted by molar-refractivity contribution is -0.0520. The Hall–Kier alpha value is -3.69. The Morgan fingerprint density at radius 1 is 1.10 bits per heavy atom. The van der Waals surface area contributed by atoms with E-state index in [0.717, 1.165) is 5.56 Å². The van der Waals surface area contributed by atoms with Gasteiger partial charge in [-0.25, -0.2) is 0 Å². The second kappa shape index (κ2) is 7.74. The zero-order valence-electron chi connectivity index (χ0n) is 15.5. The van der Waals surface area contributed by atoms with Crippen molar-refractivity contribution in [3.8, 4) is 17.2 Å². The second-order valence-electron chi connectivity index (χ2n) is 6.09. The van der Waals surface area contributed by atoms with Crippen molar-refractivity contribution in [3.63, 3.8) is 0 Å². The molecule has 0 fully saturated rings. The topological polar surface area (TPSA) is 83.3 Å². The number of benzene rings is 2. The number of hydrogen-bond acceptors (Lipinski definition) is 7. The zero-order valence-corrected chi connectivity index (χ0v) is 15.5.